The molecule has 1 N–H and O–H groups in total. The molecule has 1 aliphatic rings. The Morgan fingerprint density at radius 2 is 2.12 bits per heavy atom. The minimum atomic E-state index is -0.368. The second-order valence-corrected chi connectivity index (χ2v) is 4.59. The van der Waals surface area contributed by atoms with E-state index in [2.05, 4.69) is 29.6 Å². The van der Waals surface area contributed by atoms with E-state index in [1.54, 1.807) is 14.0 Å². The van der Waals surface area contributed by atoms with Crippen LogP contribution in [0.3, 0.4) is 0 Å². The predicted molar refractivity (Wildman–Crippen MR) is 66.9 cm³/mol. The summed E-state index contributed by atoms with van der Waals surface area (Å²) in [4.78, 5) is 11.7. The van der Waals surface area contributed by atoms with Gasteiger partial charge in [-0.3, -0.25) is 4.79 Å². The van der Waals surface area contributed by atoms with Crippen molar-refractivity contribution in [2.24, 2.45) is 0 Å². The highest BCUT2D eigenvalue weighted by atomic mass is 16.5. The first-order chi connectivity index (χ1) is 8.20. The molecule has 2 rings (SSSR count). The van der Waals surface area contributed by atoms with Gasteiger partial charge in [0.1, 0.15) is 6.10 Å². The Morgan fingerprint density at radius 3 is 2.82 bits per heavy atom. The summed E-state index contributed by atoms with van der Waals surface area (Å²) in [6, 6.07) is 8.69. The summed E-state index contributed by atoms with van der Waals surface area (Å²) in [6.07, 6.45) is 2.62. The van der Waals surface area contributed by atoms with Crippen molar-refractivity contribution in [3.05, 3.63) is 35.4 Å². The molecule has 0 saturated heterocycles. The van der Waals surface area contributed by atoms with Gasteiger partial charge < -0.3 is 10.1 Å². The number of aryl methyl sites for hydroxylation is 1. The van der Waals surface area contributed by atoms with Gasteiger partial charge in [0.25, 0.3) is 0 Å². The summed E-state index contributed by atoms with van der Waals surface area (Å²) in [7, 11) is 1.56. The summed E-state index contributed by atoms with van der Waals surface area (Å²) < 4.78 is 5.01. The molecule has 0 aromatic heterocycles. The maximum atomic E-state index is 11.7. The molecule has 1 amide bonds. The first-order valence-electron chi connectivity index (χ1n) is 6.10. The van der Waals surface area contributed by atoms with Crippen LogP contribution < -0.4 is 5.32 Å². The topological polar surface area (TPSA) is 38.3 Å². The van der Waals surface area contributed by atoms with E-state index in [9.17, 15) is 4.79 Å². The zero-order chi connectivity index (χ0) is 12.3. The van der Waals surface area contributed by atoms with Gasteiger partial charge in [0.15, 0.2) is 0 Å². The van der Waals surface area contributed by atoms with E-state index < -0.39 is 0 Å². The molecule has 0 bridgehead atoms. The minimum Gasteiger partial charge on any atom is -0.372 e. The normalized spacial score (nSPS) is 20.5. The van der Waals surface area contributed by atoms with Crippen molar-refractivity contribution >= 4 is 5.91 Å². The van der Waals surface area contributed by atoms with Crippen LogP contribution in [-0.4, -0.2) is 25.2 Å². The van der Waals surface area contributed by atoms with Crippen LogP contribution in [0.25, 0.3) is 0 Å². The van der Waals surface area contributed by atoms with Gasteiger partial charge in [-0.05, 0) is 37.3 Å². The van der Waals surface area contributed by atoms with Gasteiger partial charge in [-0.1, -0.05) is 24.3 Å². The van der Waals surface area contributed by atoms with E-state index in [-0.39, 0.29) is 18.1 Å². The molecule has 0 aliphatic heterocycles. The van der Waals surface area contributed by atoms with E-state index in [0.717, 1.165) is 19.3 Å². The quantitative estimate of drug-likeness (QED) is 0.863. The number of benzene rings is 1. The maximum absolute atomic E-state index is 11.7. The highest BCUT2D eigenvalue weighted by molar-refractivity contribution is 5.80. The van der Waals surface area contributed by atoms with Crippen LogP contribution in [0.5, 0.6) is 0 Å². The summed E-state index contributed by atoms with van der Waals surface area (Å²) in [5.41, 5.74) is 2.77. The van der Waals surface area contributed by atoms with E-state index >= 15 is 0 Å². The molecule has 0 spiro atoms. The highest BCUT2D eigenvalue weighted by Gasteiger charge is 2.21. The van der Waals surface area contributed by atoms with Crippen molar-refractivity contribution in [3.8, 4) is 0 Å². The van der Waals surface area contributed by atoms with Gasteiger partial charge in [0.05, 0.1) is 0 Å². The van der Waals surface area contributed by atoms with Crippen LogP contribution in [0, 0.1) is 0 Å². The second-order valence-electron chi connectivity index (χ2n) is 4.59. The molecule has 0 saturated carbocycles. The molecule has 0 radical (unpaired) electrons. The fraction of sp³-hybridized carbons (Fsp3) is 0.500. The zero-order valence-electron chi connectivity index (χ0n) is 10.4. The fourth-order valence-electron chi connectivity index (χ4n) is 2.25. The van der Waals surface area contributed by atoms with Crippen molar-refractivity contribution < 1.29 is 9.53 Å². The van der Waals surface area contributed by atoms with Gasteiger partial charge in [-0.25, -0.2) is 0 Å². The first-order valence-corrected chi connectivity index (χ1v) is 6.10. The van der Waals surface area contributed by atoms with Crippen molar-refractivity contribution in [2.45, 2.75) is 38.3 Å². The molecule has 17 heavy (non-hydrogen) atoms. The third kappa shape index (κ3) is 2.86. The molecule has 0 heterocycles. The lowest BCUT2D eigenvalue weighted by Gasteiger charge is -2.26. The van der Waals surface area contributed by atoms with Crippen LogP contribution in [-0.2, 0) is 22.4 Å². The Hall–Kier alpha value is -1.35. The Kier molecular flexibility index (Phi) is 3.79. The molecule has 2 atom stereocenters. The van der Waals surface area contributed by atoms with Gasteiger partial charge in [-0.2, -0.15) is 0 Å². The number of ether oxygens (including phenoxy) is 1. The van der Waals surface area contributed by atoms with E-state index in [4.69, 9.17) is 4.74 Å². The number of fused-ring (bicyclic) bond motifs is 1. The number of carbonyl (C=O) groups excluding carboxylic acids is 1. The van der Waals surface area contributed by atoms with E-state index in [1.807, 2.05) is 0 Å². The fourth-order valence-corrected chi connectivity index (χ4v) is 2.25. The number of carbonyl (C=O) groups is 1. The van der Waals surface area contributed by atoms with Crippen LogP contribution in [0.4, 0.5) is 0 Å². The third-order valence-electron chi connectivity index (χ3n) is 3.42. The molecule has 1 aliphatic carbocycles. The Morgan fingerprint density at radius 1 is 1.41 bits per heavy atom. The van der Waals surface area contributed by atoms with Crippen molar-refractivity contribution in [3.63, 3.8) is 0 Å². The summed E-state index contributed by atoms with van der Waals surface area (Å²) in [5.74, 6) is -0.0168. The molecule has 92 valence electrons. The number of nitrogens with one attached hydrogen (secondary N) is 1. The average molecular weight is 233 g/mol. The monoisotopic (exact) mass is 233 g/mol. The van der Waals surface area contributed by atoms with Gasteiger partial charge in [0.2, 0.25) is 5.91 Å². The standard InChI is InChI=1S/C14H19NO2/c1-10(17-2)14(16)15-13-8-7-11-5-3-4-6-12(11)9-13/h3-6,10,13H,7-9H2,1-2H3,(H,15,16). The van der Waals surface area contributed by atoms with E-state index in [0.29, 0.717) is 0 Å². The van der Waals surface area contributed by atoms with Crippen LogP contribution in [0.1, 0.15) is 24.5 Å². The number of hydrogen-bond donors (Lipinski definition) is 1. The Bertz CT molecular complexity index is 403. The summed E-state index contributed by atoms with van der Waals surface area (Å²) in [6.45, 7) is 1.77. The zero-order valence-corrected chi connectivity index (χ0v) is 10.4. The Labute approximate surface area is 102 Å². The van der Waals surface area contributed by atoms with Gasteiger partial charge in [0, 0.05) is 13.2 Å². The van der Waals surface area contributed by atoms with Crippen molar-refractivity contribution in [2.75, 3.05) is 7.11 Å². The number of amides is 1. The molecule has 1 aromatic carbocycles. The third-order valence-corrected chi connectivity index (χ3v) is 3.42. The number of rotatable bonds is 3. The average Bonchev–Trinajstić information content (AvgIpc) is 2.37. The smallest absolute Gasteiger partial charge is 0.249 e. The lowest BCUT2D eigenvalue weighted by Crippen LogP contribution is -2.43. The van der Waals surface area contributed by atoms with Crippen LogP contribution in [0.15, 0.2) is 24.3 Å². The molecule has 1 aromatic rings. The number of methoxy groups -OCH3 is 1. The molecular weight excluding hydrogens is 214 g/mol. The van der Waals surface area contributed by atoms with Crippen LogP contribution >= 0.6 is 0 Å². The first kappa shape index (κ1) is 12.1. The predicted octanol–water partition coefficient (Wildman–Crippen LogP) is 1.69. The van der Waals surface area contributed by atoms with Crippen molar-refractivity contribution in [1.29, 1.82) is 0 Å². The molecule has 0 fully saturated rings. The lowest BCUT2D eigenvalue weighted by molar-refractivity contribution is -0.130. The SMILES string of the molecule is COC(C)C(=O)NC1CCc2ccccc2C1. The molecule has 3 nitrogen and oxygen atoms in total. The lowest BCUT2D eigenvalue weighted by atomic mass is 9.88. The number of hydrogen-bond acceptors (Lipinski definition) is 2. The minimum absolute atomic E-state index is 0.0168. The Balaban J connectivity index is 1.96. The molecule has 3 heteroatoms. The highest BCUT2D eigenvalue weighted by Crippen LogP contribution is 2.21. The van der Waals surface area contributed by atoms with Crippen molar-refractivity contribution in [1.82, 2.24) is 5.32 Å². The van der Waals surface area contributed by atoms with E-state index in [1.165, 1.54) is 11.1 Å². The molecular formula is C14H19NO2. The second kappa shape index (κ2) is 5.32. The van der Waals surface area contributed by atoms with Gasteiger partial charge in [-0.15, -0.1) is 0 Å². The van der Waals surface area contributed by atoms with Gasteiger partial charge >= 0.3 is 0 Å². The largest absolute Gasteiger partial charge is 0.372 e. The molecule has 2 unspecified atom stereocenters. The van der Waals surface area contributed by atoms with Crippen LogP contribution in [0.2, 0.25) is 0 Å². The summed E-state index contributed by atoms with van der Waals surface area (Å²) in [5, 5.41) is 3.05. The maximum Gasteiger partial charge on any atom is 0.249 e. The summed E-state index contributed by atoms with van der Waals surface area (Å²) >= 11 is 0.